The van der Waals surface area contributed by atoms with Gasteiger partial charge in [-0.2, -0.15) is 4.73 Å². The molecule has 4 fully saturated rings. The van der Waals surface area contributed by atoms with Crippen LogP contribution in [0.3, 0.4) is 0 Å². The summed E-state index contributed by atoms with van der Waals surface area (Å²) < 4.78 is 174. The van der Waals surface area contributed by atoms with Gasteiger partial charge in [-0.1, -0.05) is 108 Å². The Morgan fingerprint density at radius 1 is 0.377 bits per heavy atom. The second kappa shape index (κ2) is 43.4. The van der Waals surface area contributed by atoms with E-state index in [1.807, 2.05) is 60.7 Å². The molecular formula is C92H93Cl4F12N14O15P. The predicted octanol–water partition coefficient (Wildman–Crippen LogP) is 23.7. The summed E-state index contributed by atoms with van der Waals surface area (Å²) in [4.78, 5) is 127. The second-order valence-corrected chi connectivity index (χ2v) is 38.4. The van der Waals surface area contributed by atoms with E-state index in [1.165, 1.54) is 74.3 Å². The van der Waals surface area contributed by atoms with E-state index >= 15 is 0 Å². The number of aromatic nitrogens is 4. The Morgan fingerprint density at radius 2 is 0.630 bits per heavy atom. The van der Waals surface area contributed by atoms with E-state index in [9.17, 15) is 101 Å². The number of ether oxygens (including phenoxy) is 4. The number of rotatable bonds is 16. The lowest BCUT2D eigenvalue weighted by molar-refractivity contribution is -0.577. The molecular weight excluding hydrogens is 1940 g/mol. The molecule has 738 valence electrons. The fourth-order valence-corrected chi connectivity index (χ4v) is 14.8. The number of benzene rings is 8. The van der Waals surface area contributed by atoms with E-state index in [0.717, 1.165) is 106 Å². The van der Waals surface area contributed by atoms with E-state index in [4.69, 9.17) is 17.3 Å². The average Bonchev–Trinajstić information content (AvgIpc) is 1.60. The molecule has 4 aliphatic rings. The van der Waals surface area contributed by atoms with Gasteiger partial charge in [0.05, 0.1) is 44.7 Å². The Kier molecular flexibility index (Phi) is 35.6. The molecule has 0 atom stereocenters. The van der Waals surface area contributed by atoms with E-state index in [2.05, 4.69) is 67.6 Å². The number of halogens is 16. The number of para-hydroxylation sites is 4. The smallest absolute Gasteiger partial charge is 0.573 e. The van der Waals surface area contributed by atoms with E-state index in [0.29, 0.717) is 33.1 Å². The van der Waals surface area contributed by atoms with Gasteiger partial charge in [0.25, 0.3) is 23.6 Å². The number of nitrogens with two attached hydrogens (primary N) is 1. The van der Waals surface area contributed by atoms with Gasteiger partial charge in [-0.05, 0) is 251 Å². The van der Waals surface area contributed by atoms with Gasteiger partial charge in [-0.3, -0.25) is 28.7 Å². The van der Waals surface area contributed by atoms with Crippen molar-refractivity contribution in [1.82, 2.24) is 40.7 Å². The lowest BCUT2D eigenvalue weighted by Crippen LogP contribution is -2.43. The fourth-order valence-electron chi connectivity index (χ4n) is 14.6. The van der Waals surface area contributed by atoms with Crippen LogP contribution in [0.15, 0.2) is 231 Å². The number of anilines is 5. The van der Waals surface area contributed by atoms with Crippen molar-refractivity contribution in [2.24, 2.45) is 0 Å². The standard InChI is InChI=1S/C22H17ClF3N3O3.C22H19F3N4O3.C22H18F3N3O4.C22H18F3N3O3.4CH4.Cl3OP.H3N.H2O/c1-21(2)19(30)29(14-7-9-15(10-8-14)32-22(24,25)26)20(31)28(21)12-13-11-18(23)27-17-6-4-3-5-16(13)17;1-21(2)19(30)29(14-7-9-15(10-8-14)32-22(23,24)25)20(31)28(21)12-13-11-18(26)27-17-6-4-3-5-16(13)17;1-21(2)19(29)28(15-7-9-16(10-8-15)32-22(23,24)25)20(30)26(21)13-14-11-12-27(31)18-6-4-3-5-17(14)18;1-21(2)19(29)28(15-7-9-16(10-8-15)31-22(23,24)25)20(30)27(21)13-14-11-12-26-18-6-4-3-5-17(14)18;;;;;1-5(2,3)4;;/h3-11H,12H2,1-2H3;3-11H,12H2,1-2H3,(H2,26,27);3-12H,13H2,1-2H3;3-12H,13H2,1-2H3;4*1H4;;1H3;1H2. The summed E-state index contributed by atoms with van der Waals surface area (Å²) in [5.74, 6) is -3.51. The van der Waals surface area contributed by atoms with Gasteiger partial charge in [-0.25, -0.2) is 48.7 Å². The zero-order valence-corrected chi connectivity index (χ0v) is 75.0. The maximum absolute atomic E-state index is 13.2. The molecule has 8 aromatic carbocycles. The van der Waals surface area contributed by atoms with Crippen LogP contribution >= 0.6 is 50.5 Å². The maximum Gasteiger partial charge on any atom is 0.573 e. The van der Waals surface area contributed by atoms with Crippen molar-refractivity contribution in [3.8, 4) is 23.0 Å². The van der Waals surface area contributed by atoms with Gasteiger partial charge >= 0.3 is 54.8 Å². The average molecular weight is 2040 g/mol. The predicted molar refractivity (Wildman–Crippen MR) is 501 cm³/mol. The normalized spacial score (nSPS) is 15.3. The molecule has 16 rings (SSSR count). The van der Waals surface area contributed by atoms with Gasteiger partial charge in [0, 0.05) is 60.7 Å². The third kappa shape index (κ3) is 25.6. The molecule has 138 heavy (non-hydrogen) atoms. The lowest BCUT2D eigenvalue weighted by atomic mass is 10.0. The van der Waals surface area contributed by atoms with Gasteiger partial charge in [0.2, 0.25) is 5.52 Å². The number of amides is 12. The fraction of sp³-hybridized carbons (Fsp3) is 0.261. The molecule has 0 bridgehead atoms. The molecule has 29 nitrogen and oxygen atoms in total. The van der Waals surface area contributed by atoms with Gasteiger partial charge < -0.3 is 61.1 Å². The highest BCUT2D eigenvalue weighted by Gasteiger charge is 2.56. The number of imide groups is 4. The number of carbonyl (C=O) groups is 8. The molecule has 4 aromatic heterocycles. The largest absolute Gasteiger partial charge is 0.618 e. The molecule has 12 aromatic rings. The Labute approximate surface area is 802 Å². The summed E-state index contributed by atoms with van der Waals surface area (Å²) in [6.45, 7) is 13.3. The van der Waals surface area contributed by atoms with E-state index in [1.54, 1.807) is 122 Å². The van der Waals surface area contributed by atoms with Gasteiger partial charge in [0.15, 0.2) is 6.20 Å². The molecule has 12 amide bonds. The summed E-state index contributed by atoms with van der Waals surface area (Å²) in [5, 5.41) is 12.2. The highest BCUT2D eigenvalue weighted by molar-refractivity contribution is 8.24. The van der Waals surface area contributed by atoms with Crippen LogP contribution in [0, 0.1) is 5.21 Å². The van der Waals surface area contributed by atoms with Crippen LogP contribution in [0.5, 0.6) is 23.0 Å². The summed E-state index contributed by atoms with van der Waals surface area (Å²) in [6.07, 6.45) is -16.4. The monoisotopic (exact) mass is 2030 g/mol. The molecule has 0 saturated carbocycles. The number of nitrogens with zero attached hydrogens (tertiary/aromatic N) is 12. The molecule has 0 unspecified atom stereocenters. The first-order valence-corrected chi connectivity index (χ1v) is 43.7. The topological polar surface area (TPSA) is 375 Å². The SMILES string of the molecule is C.C.C.C.CC1(C)C(=O)N(c2ccc(OC(F)(F)F)cc2)C(=O)N1Cc1cc(Cl)nc2ccccc12.CC1(C)C(=O)N(c2ccc(OC(F)(F)F)cc2)C(=O)N1Cc1cc(N)nc2ccccc12.CC1(C)C(=O)N(c2ccc(OC(F)(F)F)cc2)C(=O)N1Cc1cc[n+]([O-])c2ccccc12.CC1(C)C(=O)N(c2ccc(OC(F)(F)F)cc2)C(=O)N1Cc1ccnc2ccccc12.N.O.O=P(Cl)(Cl)Cl. The molecule has 4 saturated heterocycles. The van der Waals surface area contributed by atoms with Crippen LogP contribution in [0.25, 0.3) is 43.6 Å². The third-order valence-electron chi connectivity index (χ3n) is 21.2. The molecule has 8 heterocycles. The first-order chi connectivity index (χ1) is 61.5. The van der Waals surface area contributed by atoms with Gasteiger partial charge in [0.1, 0.15) is 56.1 Å². The highest BCUT2D eigenvalue weighted by Crippen LogP contribution is 2.61. The van der Waals surface area contributed by atoms with Crippen LogP contribution in [-0.2, 0) is 49.9 Å². The molecule has 46 heteroatoms. The van der Waals surface area contributed by atoms with Crippen molar-refractivity contribution < 1.29 is 125 Å². The number of alkyl halides is 12. The maximum atomic E-state index is 13.2. The zero-order valence-electron chi connectivity index (χ0n) is 71.1. The number of hydrogen-bond donors (Lipinski definition) is 2. The first-order valence-electron chi connectivity index (χ1n) is 38.9. The first kappa shape index (κ1) is 113. The van der Waals surface area contributed by atoms with Crippen molar-refractivity contribution in [2.75, 3.05) is 25.3 Å². The summed E-state index contributed by atoms with van der Waals surface area (Å²) in [7, 11) is 0. The minimum absolute atomic E-state index is 0. The number of fused-ring (bicyclic) bond motifs is 4. The number of carbonyl (C=O) groups excluding carboxylic acids is 8. The van der Waals surface area contributed by atoms with Gasteiger partial charge in [-0.15, -0.1) is 52.7 Å². The Balaban J connectivity index is 0.000000273. The summed E-state index contributed by atoms with van der Waals surface area (Å²) in [6, 6.07) is 51.6. The Hall–Kier alpha value is -13.6. The van der Waals surface area contributed by atoms with Crippen LogP contribution in [-0.4, -0.2) is 135 Å². The summed E-state index contributed by atoms with van der Waals surface area (Å²) >= 11 is 20.0. The quantitative estimate of drug-likeness (QED) is 0.0226. The van der Waals surface area contributed by atoms with E-state index < -0.39 is 124 Å². The van der Waals surface area contributed by atoms with Crippen LogP contribution in [0.1, 0.15) is 107 Å². The van der Waals surface area contributed by atoms with Crippen LogP contribution in [0.2, 0.25) is 5.15 Å². The summed E-state index contributed by atoms with van der Waals surface area (Å²) in [5.41, 5.74) is 7.19. The van der Waals surface area contributed by atoms with Crippen LogP contribution in [0.4, 0.5) is 100 Å². The Morgan fingerprint density at radius 3 is 0.942 bits per heavy atom. The lowest BCUT2D eigenvalue weighted by Gasteiger charge is -2.28. The number of pyridine rings is 4. The molecule has 0 aliphatic carbocycles. The zero-order chi connectivity index (χ0) is 96.7. The number of urea groups is 4. The van der Waals surface area contributed by atoms with E-state index in [-0.39, 0.29) is 101 Å². The van der Waals surface area contributed by atoms with Crippen molar-refractivity contribution >= 4 is 170 Å². The van der Waals surface area contributed by atoms with Crippen LogP contribution < -0.4 is 55.2 Å². The Bertz CT molecular complexity index is 6330. The molecule has 7 N–H and O–H groups in total. The minimum Gasteiger partial charge on any atom is -0.618 e. The van der Waals surface area contributed by atoms with Crippen molar-refractivity contribution in [1.29, 1.82) is 0 Å². The number of nitrogen functional groups attached to an aromatic ring is 1. The van der Waals surface area contributed by atoms with Crippen molar-refractivity contribution in [3.05, 3.63) is 263 Å². The second-order valence-electron chi connectivity index (χ2n) is 31.4. The third-order valence-corrected chi connectivity index (χ3v) is 21.3. The van der Waals surface area contributed by atoms with Crippen molar-refractivity contribution in [2.45, 2.75) is 159 Å². The minimum atomic E-state index is -4.85. The number of hydrogen-bond acceptors (Lipinski definition) is 19. The molecule has 0 spiro atoms. The highest BCUT2D eigenvalue weighted by atomic mass is 36.0. The molecule has 4 aliphatic heterocycles. The molecule has 0 radical (unpaired) electrons. The van der Waals surface area contributed by atoms with Crippen molar-refractivity contribution in [3.63, 3.8) is 0 Å².